The molecule has 16 atom stereocenters. The highest BCUT2D eigenvalue weighted by molar-refractivity contribution is 5.80. The third-order valence-corrected chi connectivity index (χ3v) is 8.17. The normalized spacial score (nSPS) is 46.2. The van der Waals surface area contributed by atoms with E-state index in [2.05, 4.69) is 10.6 Å². The molecule has 16 N–H and O–H groups in total. The molecule has 3 aliphatic rings. The fourth-order valence-electron chi connectivity index (χ4n) is 5.75. The monoisotopic (exact) mass is 597 g/mol. The molecule has 17 nitrogen and oxygen atoms in total. The second-order valence-electron chi connectivity index (χ2n) is 11.0. The minimum absolute atomic E-state index is 0.0212. The van der Waals surface area contributed by atoms with Crippen molar-refractivity contribution < 1.29 is 59.9 Å². The summed E-state index contributed by atoms with van der Waals surface area (Å²) in [5.74, 6) is -1.95. The molecule has 0 radical (unpaired) electrons. The molecule has 1 amide bonds. The van der Waals surface area contributed by atoms with Crippen LogP contribution in [0, 0.1) is 5.92 Å². The third-order valence-electron chi connectivity index (χ3n) is 8.17. The number of amides is 1. The molecule has 0 aromatic carbocycles. The molecule has 0 bridgehead atoms. The summed E-state index contributed by atoms with van der Waals surface area (Å²) in [6.07, 6.45) is -17.5. The van der Waals surface area contributed by atoms with E-state index in [9.17, 15) is 45.6 Å². The van der Waals surface area contributed by atoms with Crippen LogP contribution in [0.25, 0.3) is 0 Å². The quantitative estimate of drug-likeness (QED) is 0.105. The fourth-order valence-corrected chi connectivity index (χ4v) is 5.75. The van der Waals surface area contributed by atoms with E-state index in [4.69, 9.17) is 31.4 Å². The van der Waals surface area contributed by atoms with Crippen LogP contribution in [-0.4, -0.2) is 165 Å². The van der Waals surface area contributed by atoms with Gasteiger partial charge in [0.1, 0.15) is 48.8 Å². The lowest BCUT2D eigenvalue weighted by Gasteiger charge is -2.52. The predicted molar refractivity (Wildman–Crippen MR) is 140 cm³/mol. The highest BCUT2D eigenvalue weighted by Crippen LogP contribution is 2.37. The second-order valence-corrected chi connectivity index (χ2v) is 11.0. The molecule has 41 heavy (non-hydrogen) atoms. The van der Waals surface area contributed by atoms with Gasteiger partial charge in [0.05, 0.1) is 37.0 Å². The van der Waals surface area contributed by atoms with E-state index in [0.717, 1.165) is 0 Å². The maximum Gasteiger partial charge on any atom is 0.249 e. The number of hydrogen-bond acceptors (Lipinski definition) is 16. The van der Waals surface area contributed by atoms with Crippen LogP contribution in [0.3, 0.4) is 0 Å². The zero-order chi connectivity index (χ0) is 30.6. The van der Waals surface area contributed by atoms with Gasteiger partial charge in [0.2, 0.25) is 5.91 Å². The Kier molecular flexibility index (Phi) is 12.6. The third kappa shape index (κ3) is 7.51. The van der Waals surface area contributed by atoms with Crippen molar-refractivity contribution in [3.63, 3.8) is 0 Å². The van der Waals surface area contributed by atoms with Crippen molar-refractivity contribution in [2.75, 3.05) is 26.2 Å². The molecule has 1 saturated carbocycles. The van der Waals surface area contributed by atoms with Crippen LogP contribution in [0.15, 0.2) is 0 Å². The lowest BCUT2D eigenvalue weighted by atomic mass is 9.72. The summed E-state index contributed by atoms with van der Waals surface area (Å²) < 4.78 is 17.4. The van der Waals surface area contributed by atoms with Gasteiger partial charge in [0.25, 0.3) is 0 Å². The maximum atomic E-state index is 12.7. The number of carbonyl (C=O) groups is 1. The van der Waals surface area contributed by atoms with E-state index in [0.29, 0.717) is 6.54 Å². The van der Waals surface area contributed by atoms with Crippen LogP contribution in [0.1, 0.15) is 19.8 Å². The van der Waals surface area contributed by atoms with Gasteiger partial charge in [-0.2, -0.15) is 0 Å². The van der Waals surface area contributed by atoms with E-state index in [1.54, 1.807) is 0 Å². The molecule has 2 saturated heterocycles. The molecule has 0 spiro atoms. The minimum Gasteiger partial charge on any atom is -0.394 e. The number of likely N-dealkylation sites (N-methyl/N-ethyl adjacent to an activating group) is 1. The molecule has 2 aliphatic heterocycles. The van der Waals surface area contributed by atoms with Crippen LogP contribution >= 0.6 is 0 Å². The zero-order valence-corrected chi connectivity index (χ0v) is 22.9. The molecule has 240 valence electrons. The van der Waals surface area contributed by atoms with E-state index >= 15 is 0 Å². The molecule has 16 unspecified atom stereocenters. The van der Waals surface area contributed by atoms with Crippen molar-refractivity contribution in [2.24, 2.45) is 23.1 Å². The average molecular weight is 598 g/mol. The Balaban J connectivity index is 1.91. The Morgan fingerprint density at radius 1 is 0.976 bits per heavy atom. The first-order chi connectivity index (χ1) is 19.4. The van der Waals surface area contributed by atoms with Gasteiger partial charge in [-0.05, 0) is 25.9 Å². The molecular formula is C24H47N5O12. The van der Waals surface area contributed by atoms with Crippen molar-refractivity contribution in [3.8, 4) is 0 Å². The Labute approximate surface area is 237 Å². The summed E-state index contributed by atoms with van der Waals surface area (Å²) in [4.78, 5) is 12.7. The highest BCUT2D eigenvalue weighted by atomic mass is 16.7. The molecule has 3 rings (SSSR count). The maximum absolute atomic E-state index is 12.7. The smallest absolute Gasteiger partial charge is 0.249 e. The Bertz CT molecular complexity index is 832. The van der Waals surface area contributed by atoms with Crippen LogP contribution in [0.5, 0.6) is 0 Å². The summed E-state index contributed by atoms with van der Waals surface area (Å²) in [5.41, 5.74) is 17.8. The summed E-state index contributed by atoms with van der Waals surface area (Å²) >= 11 is 0. The van der Waals surface area contributed by atoms with Crippen molar-refractivity contribution >= 4 is 5.91 Å². The largest absolute Gasteiger partial charge is 0.394 e. The Hall–Kier alpha value is -1.13. The first kappa shape index (κ1) is 34.4. The van der Waals surface area contributed by atoms with Gasteiger partial charge < -0.3 is 82.9 Å². The number of rotatable bonds is 11. The first-order valence-electron chi connectivity index (χ1n) is 13.9. The van der Waals surface area contributed by atoms with Crippen molar-refractivity contribution in [3.05, 3.63) is 0 Å². The molecule has 1 aliphatic carbocycles. The SMILES string of the molecule is CCNCC1OC(C2C(N)CC(NC(=O)C(O)CCN)C(OC3OC(CO)C(O)C(N)C3O)C2O)C(O)C(O)C1O. The first-order valence-corrected chi connectivity index (χ1v) is 13.9. The second kappa shape index (κ2) is 15.0. The van der Waals surface area contributed by atoms with Crippen molar-refractivity contribution in [1.29, 1.82) is 0 Å². The van der Waals surface area contributed by atoms with Crippen LogP contribution in [-0.2, 0) is 19.0 Å². The van der Waals surface area contributed by atoms with Gasteiger partial charge in [-0.1, -0.05) is 6.92 Å². The van der Waals surface area contributed by atoms with E-state index in [1.807, 2.05) is 6.92 Å². The predicted octanol–water partition coefficient (Wildman–Crippen LogP) is -7.50. The van der Waals surface area contributed by atoms with Crippen molar-refractivity contribution in [2.45, 2.75) is 111 Å². The minimum atomic E-state index is -1.66. The van der Waals surface area contributed by atoms with Crippen LogP contribution in [0.4, 0.5) is 0 Å². The molecule has 17 heteroatoms. The van der Waals surface area contributed by atoms with Gasteiger partial charge in [-0.25, -0.2) is 0 Å². The summed E-state index contributed by atoms with van der Waals surface area (Å²) in [6, 6.07) is -3.33. The number of carbonyl (C=O) groups excluding carboxylic acids is 1. The topological polar surface area (TPSA) is 309 Å². The van der Waals surface area contributed by atoms with Crippen LogP contribution < -0.4 is 27.8 Å². The molecule has 3 fully saturated rings. The average Bonchev–Trinajstić information content (AvgIpc) is 2.94. The number of aliphatic hydroxyl groups is 8. The molecular weight excluding hydrogens is 550 g/mol. The zero-order valence-electron chi connectivity index (χ0n) is 22.9. The van der Waals surface area contributed by atoms with E-state index in [-0.39, 0.29) is 25.9 Å². The number of nitrogens with one attached hydrogen (secondary N) is 2. The number of ether oxygens (including phenoxy) is 3. The molecule has 0 aromatic rings. The van der Waals surface area contributed by atoms with Gasteiger partial charge >= 0.3 is 0 Å². The summed E-state index contributed by atoms with van der Waals surface area (Å²) in [5, 5.41) is 89.6. The molecule has 2 heterocycles. The van der Waals surface area contributed by atoms with Gasteiger partial charge in [-0.3, -0.25) is 4.79 Å². The Morgan fingerprint density at radius 3 is 2.27 bits per heavy atom. The van der Waals surface area contributed by atoms with Crippen molar-refractivity contribution in [1.82, 2.24) is 10.6 Å². The van der Waals surface area contributed by atoms with Crippen LogP contribution in [0.2, 0.25) is 0 Å². The van der Waals surface area contributed by atoms with E-state index < -0.39 is 110 Å². The highest BCUT2D eigenvalue weighted by Gasteiger charge is 2.55. The van der Waals surface area contributed by atoms with E-state index in [1.165, 1.54) is 0 Å². The molecule has 0 aromatic heterocycles. The lowest BCUT2D eigenvalue weighted by molar-refractivity contribution is -0.310. The number of aliphatic hydroxyl groups excluding tert-OH is 8. The lowest BCUT2D eigenvalue weighted by Crippen LogP contribution is -2.71. The number of nitrogens with two attached hydrogens (primary N) is 3. The summed E-state index contributed by atoms with van der Waals surface area (Å²) in [7, 11) is 0. The summed E-state index contributed by atoms with van der Waals surface area (Å²) in [6.45, 7) is 1.84. The standard InChI is InChI=1S/C24H47N5O12/c1-2-28-6-11-16(33)19(36)20(37)22(39-11)13-8(26)5-9(29-23(38)10(31)3-4-25)21(17(13)34)41-24-18(35)14(27)15(32)12(7-30)40-24/h8-22,24,28,30-37H,2-7,25-27H2,1H3,(H,29,38). The Morgan fingerprint density at radius 2 is 1.66 bits per heavy atom. The van der Waals surface area contributed by atoms with Gasteiger partial charge in [0.15, 0.2) is 6.29 Å². The van der Waals surface area contributed by atoms with Gasteiger partial charge in [-0.15, -0.1) is 0 Å². The number of hydrogen-bond donors (Lipinski definition) is 13. The van der Waals surface area contributed by atoms with Gasteiger partial charge in [0, 0.05) is 18.5 Å². The fraction of sp³-hybridized carbons (Fsp3) is 0.958.